The molecule has 0 unspecified atom stereocenters. The van der Waals surface area contributed by atoms with E-state index in [1.165, 1.54) is 4.90 Å². The minimum absolute atomic E-state index is 0.276. The van der Waals surface area contributed by atoms with Gasteiger partial charge in [-0.05, 0) is 24.3 Å². The molecule has 1 heterocycles. The predicted molar refractivity (Wildman–Crippen MR) is 104 cm³/mol. The number of nitrogens with one attached hydrogen (secondary N) is 2. The van der Waals surface area contributed by atoms with Crippen LogP contribution < -0.4 is 10.6 Å². The molecule has 0 radical (unpaired) electrons. The monoisotopic (exact) mass is 381 g/mol. The lowest BCUT2D eigenvalue weighted by Gasteiger charge is -2.10. The number of hydrogen-bond donors (Lipinski definition) is 2. The smallest absolute Gasteiger partial charge is 0.228 e. The zero-order chi connectivity index (χ0) is 18.1. The minimum Gasteiger partial charge on any atom is -0.356 e. The molecule has 0 saturated heterocycles. The zero-order valence-electron chi connectivity index (χ0n) is 14.8. The van der Waals surface area contributed by atoms with Crippen molar-refractivity contribution in [1.82, 2.24) is 20.8 Å². The standard InChI is InChI=1S/C17H24ClN5OS/c1-12(2)16-22-15(24-23-16)8-9-20-17(19-3)21-10-11-25-14-6-4-13(18)5-7-14/h4-7,12H,8-11H2,1-3H3,(H2,19,20,21). The van der Waals surface area contributed by atoms with Gasteiger partial charge in [0.15, 0.2) is 11.8 Å². The molecular formula is C17H24ClN5OS. The van der Waals surface area contributed by atoms with Gasteiger partial charge in [0.1, 0.15) is 0 Å². The highest BCUT2D eigenvalue weighted by molar-refractivity contribution is 7.99. The third-order valence-corrected chi connectivity index (χ3v) is 4.60. The van der Waals surface area contributed by atoms with Crippen molar-refractivity contribution in [3.8, 4) is 0 Å². The predicted octanol–water partition coefficient (Wildman–Crippen LogP) is 3.35. The van der Waals surface area contributed by atoms with Crippen molar-refractivity contribution in [1.29, 1.82) is 0 Å². The van der Waals surface area contributed by atoms with Crippen LogP contribution in [-0.4, -0.2) is 42.0 Å². The van der Waals surface area contributed by atoms with Crippen LogP contribution in [0.1, 0.15) is 31.5 Å². The van der Waals surface area contributed by atoms with E-state index in [-0.39, 0.29) is 5.92 Å². The van der Waals surface area contributed by atoms with Gasteiger partial charge in [0.2, 0.25) is 5.89 Å². The highest BCUT2D eigenvalue weighted by atomic mass is 35.5. The average Bonchev–Trinajstić information content (AvgIpc) is 3.08. The van der Waals surface area contributed by atoms with Crippen molar-refractivity contribution in [2.75, 3.05) is 25.9 Å². The van der Waals surface area contributed by atoms with E-state index in [1.807, 2.05) is 38.1 Å². The highest BCUT2D eigenvalue weighted by Gasteiger charge is 2.09. The maximum absolute atomic E-state index is 5.88. The lowest BCUT2D eigenvalue weighted by Crippen LogP contribution is -2.39. The van der Waals surface area contributed by atoms with E-state index in [2.05, 4.69) is 25.8 Å². The van der Waals surface area contributed by atoms with Crippen molar-refractivity contribution >= 4 is 29.3 Å². The van der Waals surface area contributed by atoms with Crippen molar-refractivity contribution in [3.05, 3.63) is 41.0 Å². The molecule has 2 aromatic rings. The lowest BCUT2D eigenvalue weighted by atomic mass is 10.2. The van der Waals surface area contributed by atoms with Crippen LogP contribution in [0.2, 0.25) is 5.02 Å². The van der Waals surface area contributed by atoms with E-state index in [0.717, 1.165) is 29.1 Å². The number of nitrogens with zero attached hydrogens (tertiary/aromatic N) is 3. The van der Waals surface area contributed by atoms with Gasteiger partial charge in [0.05, 0.1) is 0 Å². The Labute approximate surface area is 157 Å². The summed E-state index contributed by atoms with van der Waals surface area (Å²) >= 11 is 7.65. The molecule has 0 aliphatic carbocycles. The Morgan fingerprint density at radius 2 is 1.96 bits per heavy atom. The zero-order valence-corrected chi connectivity index (χ0v) is 16.3. The molecule has 1 aromatic carbocycles. The van der Waals surface area contributed by atoms with E-state index in [0.29, 0.717) is 18.9 Å². The SMILES string of the molecule is CN=C(NCCSc1ccc(Cl)cc1)NCCc1nc(C(C)C)no1. The molecule has 8 heteroatoms. The molecule has 136 valence electrons. The van der Waals surface area contributed by atoms with Gasteiger partial charge in [0.25, 0.3) is 0 Å². The molecular weight excluding hydrogens is 358 g/mol. The van der Waals surface area contributed by atoms with Gasteiger partial charge in [-0.2, -0.15) is 4.98 Å². The minimum atomic E-state index is 0.276. The third-order valence-electron chi connectivity index (χ3n) is 3.33. The third kappa shape index (κ3) is 6.96. The van der Waals surface area contributed by atoms with Gasteiger partial charge in [-0.25, -0.2) is 0 Å². The van der Waals surface area contributed by atoms with Crippen molar-refractivity contribution in [3.63, 3.8) is 0 Å². The van der Waals surface area contributed by atoms with E-state index in [1.54, 1.807) is 18.8 Å². The first kappa shape index (κ1) is 19.6. The lowest BCUT2D eigenvalue weighted by molar-refractivity contribution is 0.371. The molecule has 2 rings (SSSR count). The van der Waals surface area contributed by atoms with Gasteiger partial charge in [-0.3, -0.25) is 4.99 Å². The molecule has 1 aromatic heterocycles. The molecule has 0 aliphatic rings. The fraction of sp³-hybridized carbons (Fsp3) is 0.471. The van der Waals surface area contributed by atoms with E-state index < -0.39 is 0 Å². The van der Waals surface area contributed by atoms with Crippen LogP contribution in [-0.2, 0) is 6.42 Å². The Bertz CT molecular complexity index is 672. The molecule has 2 N–H and O–H groups in total. The quantitative estimate of drug-likeness (QED) is 0.316. The fourth-order valence-corrected chi connectivity index (χ4v) is 2.88. The number of aromatic nitrogens is 2. The topological polar surface area (TPSA) is 75.3 Å². The first-order valence-corrected chi connectivity index (χ1v) is 9.60. The molecule has 0 aliphatic heterocycles. The number of hydrogen-bond acceptors (Lipinski definition) is 5. The number of benzene rings is 1. The summed E-state index contributed by atoms with van der Waals surface area (Å²) in [6, 6.07) is 7.85. The van der Waals surface area contributed by atoms with E-state index >= 15 is 0 Å². The Kier molecular flexibility index (Phi) is 8.08. The number of thioether (sulfide) groups is 1. The first-order chi connectivity index (χ1) is 12.1. The second kappa shape index (κ2) is 10.3. The highest BCUT2D eigenvalue weighted by Crippen LogP contribution is 2.19. The van der Waals surface area contributed by atoms with Crippen LogP contribution >= 0.6 is 23.4 Å². The Morgan fingerprint density at radius 3 is 2.60 bits per heavy atom. The summed E-state index contributed by atoms with van der Waals surface area (Å²) < 4.78 is 5.22. The molecule has 0 saturated carbocycles. The Hall–Kier alpha value is -1.73. The maximum atomic E-state index is 5.88. The summed E-state index contributed by atoms with van der Waals surface area (Å²) in [4.78, 5) is 9.77. The summed E-state index contributed by atoms with van der Waals surface area (Å²) in [5, 5.41) is 11.2. The van der Waals surface area contributed by atoms with Gasteiger partial charge >= 0.3 is 0 Å². The molecule has 25 heavy (non-hydrogen) atoms. The molecule has 0 spiro atoms. The Morgan fingerprint density at radius 1 is 1.24 bits per heavy atom. The number of guanidine groups is 1. The summed E-state index contributed by atoms with van der Waals surface area (Å²) in [5.74, 6) is 3.36. The normalized spacial score (nSPS) is 11.8. The number of aliphatic imine (C=N–C) groups is 1. The Balaban J connectivity index is 1.63. The first-order valence-electron chi connectivity index (χ1n) is 8.24. The van der Waals surface area contributed by atoms with Gasteiger partial charge in [-0.1, -0.05) is 30.6 Å². The van der Waals surface area contributed by atoms with Gasteiger partial charge in [-0.15, -0.1) is 11.8 Å². The van der Waals surface area contributed by atoms with Gasteiger partial charge < -0.3 is 15.2 Å². The van der Waals surface area contributed by atoms with Crippen LogP contribution in [0, 0.1) is 0 Å². The molecule has 0 amide bonds. The van der Waals surface area contributed by atoms with E-state index in [9.17, 15) is 0 Å². The summed E-state index contributed by atoms with van der Waals surface area (Å²) in [6.07, 6.45) is 0.667. The number of halogens is 1. The molecule has 6 nitrogen and oxygen atoms in total. The van der Waals surface area contributed by atoms with Crippen LogP contribution in [0.4, 0.5) is 0 Å². The second-order valence-corrected chi connectivity index (χ2v) is 7.28. The van der Waals surface area contributed by atoms with Crippen molar-refractivity contribution in [2.24, 2.45) is 4.99 Å². The summed E-state index contributed by atoms with van der Waals surface area (Å²) in [5.41, 5.74) is 0. The van der Waals surface area contributed by atoms with Gasteiger partial charge in [0, 0.05) is 48.1 Å². The summed E-state index contributed by atoms with van der Waals surface area (Å²) in [6.45, 7) is 5.58. The van der Waals surface area contributed by atoms with Crippen molar-refractivity contribution < 1.29 is 4.52 Å². The largest absolute Gasteiger partial charge is 0.356 e. The molecule has 0 atom stereocenters. The van der Waals surface area contributed by atoms with Crippen molar-refractivity contribution in [2.45, 2.75) is 31.1 Å². The fourth-order valence-electron chi connectivity index (χ4n) is 1.98. The van der Waals surface area contributed by atoms with Crippen LogP contribution in [0.25, 0.3) is 0 Å². The number of rotatable bonds is 8. The summed E-state index contributed by atoms with van der Waals surface area (Å²) in [7, 11) is 1.76. The van der Waals surface area contributed by atoms with E-state index in [4.69, 9.17) is 16.1 Å². The maximum Gasteiger partial charge on any atom is 0.228 e. The molecule has 0 bridgehead atoms. The van der Waals surface area contributed by atoms with Crippen LogP contribution in [0.3, 0.4) is 0 Å². The second-order valence-electron chi connectivity index (χ2n) is 5.68. The van der Waals surface area contributed by atoms with Crippen LogP contribution in [0.5, 0.6) is 0 Å². The molecule has 0 fully saturated rings. The van der Waals surface area contributed by atoms with Crippen LogP contribution in [0.15, 0.2) is 38.7 Å². The average molecular weight is 382 g/mol.